The maximum Gasteiger partial charge on any atom is 0.120 e. The predicted molar refractivity (Wildman–Crippen MR) is 249 cm³/mol. The molecule has 0 atom stereocenters. The zero-order chi connectivity index (χ0) is 40.5. The monoisotopic (exact) mass is 972 g/mol. The molecule has 0 aliphatic rings. The van der Waals surface area contributed by atoms with Crippen molar-refractivity contribution in [1.29, 1.82) is 0 Å². The van der Waals surface area contributed by atoms with E-state index in [9.17, 15) is 0 Å². The van der Waals surface area contributed by atoms with Crippen molar-refractivity contribution in [2.24, 2.45) is 0 Å². The van der Waals surface area contributed by atoms with Gasteiger partial charge in [0.25, 0.3) is 0 Å². The molecule has 3 aromatic heterocycles. The molecular formula is C54H45IrN3OSi-2. The fourth-order valence-electron chi connectivity index (χ4n) is 7.96. The van der Waals surface area contributed by atoms with E-state index in [4.69, 9.17) is 9.40 Å². The van der Waals surface area contributed by atoms with Gasteiger partial charge < -0.3 is 14.0 Å². The summed E-state index contributed by atoms with van der Waals surface area (Å²) >= 11 is 0. The Balaban J connectivity index is 0.000000211. The topological polar surface area (TPSA) is 43.9 Å². The minimum Gasteiger partial charge on any atom is -0.501 e. The third kappa shape index (κ3) is 7.94. The Morgan fingerprint density at radius 2 is 1.33 bits per heavy atom. The molecule has 0 spiro atoms. The molecule has 0 aliphatic heterocycles. The molecular weight excluding hydrogens is 927 g/mol. The number of rotatable bonds is 7. The number of benzene rings is 7. The van der Waals surface area contributed by atoms with Crippen LogP contribution in [0.1, 0.15) is 25.3 Å². The molecule has 0 saturated heterocycles. The van der Waals surface area contributed by atoms with E-state index in [2.05, 4.69) is 183 Å². The van der Waals surface area contributed by atoms with Gasteiger partial charge in [-0.1, -0.05) is 153 Å². The Kier molecular flexibility index (Phi) is 11.6. The van der Waals surface area contributed by atoms with Crippen molar-refractivity contribution in [2.45, 2.75) is 39.4 Å². The molecule has 7 aromatic carbocycles. The minimum atomic E-state index is -1.34. The zero-order valence-electron chi connectivity index (χ0n) is 34.4. The summed E-state index contributed by atoms with van der Waals surface area (Å²) in [4.78, 5) is 9.83. The summed E-state index contributed by atoms with van der Waals surface area (Å²) in [6.07, 6.45) is 2.09. The van der Waals surface area contributed by atoms with Gasteiger partial charge in [-0.05, 0) is 63.8 Å². The molecule has 3 heterocycles. The quantitative estimate of drug-likeness (QED) is 0.118. The van der Waals surface area contributed by atoms with Crippen LogP contribution in [0.25, 0.3) is 83.6 Å². The van der Waals surface area contributed by atoms with Gasteiger partial charge in [0, 0.05) is 42.9 Å². The van der Waals surface area contributed by atoms with Crippen LogP contribution in [0.4, 0.5) is 0 Å². The molecule has 0 fully saturated rings. The fourth-order valence-corrected chi connectivity index (χ4v) is 9.64. The van der Waals surface area contributed by atoms with Crippen molar-refractivity contribution >= 4 is 46.2 Å². The third-order valence-corrected chi connectivity index (χ3v) is 12.9. The number of hydrogen-bond acceptors (Lipinski definition) is 3. The van der Waals surface area contributed by atoms with Gasteiger partial charge >= 0.3 is 0 Å². The second-order valence-corrected chi connectivity index (χ2v) is 21.3. The number of furan rings is 1. The maximum atomic E-state index is 6.43. The van der Waals surface area contributed by atoms with Crippen LogP contribution in [-0.2, 0) is 20.1 Å². The van der Waals surface area contributed by atoms with Crippen LogP contribution >= 0.6 is 0 Å². The molecule has 0 bridgehead atoms. The van der Waals surface area contributed by atoms with Crippen LogP contribution in [0.5, 0.6) is 0 Å². The van der Waals surface area contributed by atoms with E-state index in [1.54, 1.807) is 0 Å². The van der Waals surface area contributed by atoms with Crippen molar-refractivity contribution in [3.63, 3.8) is 0 Å². The fraction of sp³-hybridized carbons (Fsp3) is 0.111. The second kappa shape index (κ2) is 17.2. The molecule has 1 radical (unpaired) electrons. The van der Waals surface area contributed by atoms with Gasteiger partial charge in [0.15, 0.2) is 0 Å². The molecule has 297 valence electrons. The standard InChI is InChI=1S/C37H23N2O.C17H22NSi.Ir/c1-3-12-25(13-4-1)27-22-23-33(31(24-27)26-14-5-2-6-15-26)39-34-20-9-8-19-32(34)38-37(39)30-18-11-17-29-28-16-7-10-21-35(28)40-36(29)30;1-13(2)15-11-16(14-9-7-6-8-10-14)18-12-17(15)19(3,4)5;/h1-17,19-24H;6-9,11-13H,1-5H3;/q2*-1;. The van der Waals surface area contributed by atoms with Gasteiger partial charge in [0.2, 0.25) is 0 Å². The van der Waals surface area contributed by atoms with E-state index < -0.39 is 8.07 Å². The third-order valence-electron chi connectivity index (χ3n) is 10.9. The number of nitrogens with zero attached hydrogens (tertiary/aromatic N) is 3. The average molecular weight is 972 g/mol. The molecule has 4 nitrogen and oxygen atoms in total. The first-order chi connectivity index (χ1) is 28.7. The van der Waals surface area contributed by atoms with Crippen molar-refractivity contribution in [2.75, 3.05) is 0 Å². The van der Waals surface area contributed by atoms with Crippen molar-refractivity contribution in [3.05, 3.63) is 194 Å². The Labute approximate surface area is 367 Å². The van der Waals surface area contributed by atoms with Gasteiger partial charge in [-0.25, -0.2) is 0 Å². The first-order valence-electron chi connectivity index (χ1n) is 20.3. The normalized spacial score (nSPS) is 11.4. The van der Waals surface area contributed by atoms with E-state index in [-0.39, 0.29) is 20.1 Å². The van der Waals surface area contributed by atoms with E-state index in [0.717, 1.165) is 72.4 Å². The summed E-state index contributed by atoms with van der Waals surface area (Å²) in [7, 11) is -1.34. The summed E-state index contributed by atoms with van der Waals surface area (Å²) in [5.74, 6) is 1.34. The van der Waals surface area contributed by atoms with Crippen LogP contribution < -0.4 is 5.19 Å². The van der Waals surface area contributed by atoms with Gasteiger partial charge in [-0.15, -0.1) is 54.1 Å². The Morgan fingerprint density at radius 1 is 0.633 bits per heavy atom. The van der Waals surface area contributed by atoms with Crippen LogP contribution in [0.15, 0.2) is 180 Å². The second-order valence-electron chi connectivity index (χ2n) is 16.3. The van der Waals surface area contributed by atoms with Crippen molar-refractivity contribution in [1.82, 2.24) is 14.5 Å². The minimum absolute atomic E-state index is 0. The molecule has 0 amide bonds. The van der Waals surface area contributed by atoms with Crippen LogP contribution in [0, 0.1) is 12.1 Å². The Morgan fingerprint density at radius 3 is 2.07 bits per heavy atom. The molecule has 60 heavy (non-hydrogen) atoms. The van der Waals surface area contributed by atoms with E-state index >= 15 is 0 Å². The molecule has 10 rings (SSSR count). The van der Waals surface area contributed by atoms with Crippen LogP contribution in [0.2, 0.25) is 19.6 Å². The predicted octanol–water partition coefficient (Wildman–Crippen LogP) is 13.9. The molecule has 0 saturated carbocycles. The number of imidazole rings is 1. The van der Waals surface area contributed by atoms with E-state index in [1.165, 1.54) is 21.9 Å². The summed E-state index contributed by atoms with van der Waals surface area (Å²) in [5.41, 5.74) is 13.7. The largest absolute Gasteiger partial charge is 0.501 e. The van der Waals surface area contributed by atoms with Crippen molar-refractivity contribution in [3.8, 4) is 50.6 Å². The molecule has 10 aromatic rings. The summed E-state index contributed by atoms with van der Waals surface area (Å²) in [6, 6.07) is 65.3. The first kappa shape index (κ1) is 40.6. The summed E-state index contributed by atoms with van der Waals surface area (Å²) in [6.45, 7) is 11.7. The van der Waals surface area contributed by atoms with Crippen LogP contribution in [0.3, 0.4) is 0 Å². The van der Waals surface area contributed by atoms with E-state index in [0.29, 0.717) is 5.92 Å². The number of pyridine rings is 1. The number of hydrogen-bond donors (Lipinski definition) is 0. The van der Waals surface area contributed by atoms with Crippen molar-refractivity contribution < 1.29 is 24.5 Å². The van der Waals surface area contributed by atoms with E-state index in [1.807, 2.05) is 48.5 Å². The zero-order valence-corrected chi connectivity index (χ0v) is 37.8. The smallest absolute Gasteiger partial charge is 0.120 e. The van der Waals surface area contributed by atoms with Gasteiger partial charge in [0.1, 0.15) is 5.58 Å². The molecule has 6 heteroatoms. The summed E-state index contributed by atoms with van der Waals surface area (Å²) in [5, 5.41) is 3.63. The SMILES string of the molecule is CC(C)c1cc(-c2[c-]cccc2)ncc1[Si](C)(C)C.[Ir].[c-]1ccc2c(oc3ccccc32)c1-c1nc2ccccc2n1-c1ccc(-c2ccccc2)cc1-c1ccccc1. The Bertz CT molecular complexity index is 3060. The van der Waals surface area contributed by atoms with Gasteiger partial charge in [-0.3, -0.25) is 4.98 Å². The average Bonchev–Trinajstić information content (AvgIpc) is 3.86. The van der Waals surface area contributed by atoms with Crippen LogP contribution in [-0.4, -0.2) is 22.6 Å². The Hall–Kier alpha value is -6.17. The first-order valence-corrected chi connectivity index (χ1v) is 23.8. The number of para-hydroxylation sites is 3. The van der Waals surface area contributed by atoms with Gasteiger partial charge in [-0.2, -0.15) is 0 Å². The summed E-state index contributed by atoms with van der Waals surface area (Å²) < 4.78 is 8.69. The van der Waals surface area contributed by atoms with Gasteiger partial charge in [0.05, 0.1) is 30.5 Å². The molecule has 0 N–H and O–H groups in total. The maximum absolute atomic E-state index is 6.43. The molecule has 0 aliphatic carbocycles. The number of fused-ring (bicyclic) bond motifs is 4. The number of aromatic nitrogens is 3. The molecule has 0 unspecified atom stereocenters.